The number of carbonyl (C=O) groups excluding carboxylic acids is 1. The van der Waals surface area contributed by atoms with Crippen LogP contribution >= 0.6 is 0 Å². The van der Waals surface area contributed by atoms with E-state index in [0.29, 0.717) is 24.7 Å². The molecule has 1 aromatic carbocycles. The second kappa shape index (κ2) is 7.14. The van der Waals surface area contributed by atoms with Crippen LogP contribution in [-0.4, -0.2) is 30.3 Å². The van der Waals surface area contributed by atoms with Gasteiger partial charge in [0.25, 0.3) is 5.91 Å². The molecule has 0 aromatic heterocycles. The van der Waals surface area contributed by atoms with Gasteiger partial charge in [-0.15, -0.1) is 0 Å². The van der Waals surface area contributed by atoms with Gasteiger partial charge in [0.1, 0.15) is 5.75 Å². The minimum absolute atomic E-state index is 0.0133. The summed E-state index contributed by atoms with van der Waals surface area (Å²) in [6.07, 6.45) is 0. The molecular weight excluding hydrogens is 242 g/mol. The molecule has 0 heterocycles. The van der Waals surface area contributed by atoms with Crippen LogP contribution in [-0.2, 0) is 4.74 Å². The number of phenolic OH excluding ortho intramolecular Hbond substituents is 1. The molecule has 2 N–H and O–H groups in total. The highest BCUT2D eigenvalue weighted by atomic mass is 16.5. The summed E-state index contributed by atoms with van der Waals surface area (Å²) in [6, 6.07) is 4.73. The van der Waals surface area contributed by atoms with Crippen molar-refractivity contribution in [2.75, 3.05) is 13.2 Å². The average Bonchev–Trinajstić information content (AvgIpc) is 2.33. The van der Waals surface area contributed by atoms with E-state index in [9.17, 15) is 9.90 Å². The quantitative estimate of drug-likeness (QED) is 0.830. The van der Waals surface area contributed by atoms with E-state index in [1.54, 1.807) is 12.1 Å². The van der Waals surface area contributed by atoms with E-state index in [-0.39, 0.29) is 17.7 Å². The molecule has 4 nitrogen and oxygen atoms in total. The first-order valence-electron chi connectivity index (χ1n) is 6.64. The number of hydrogen-bond acceptors (Lipinski definition) is 3. The first-order chi connectivity index (χ1) is 8.95. The summed E-state index contributed by atoms with van der Waals surface area (Å²) in [5.41, 5.74) is 1.34. The molecule has 0 fully saturated rings. The Labute approximate surface area is 114 Å². The van der Waals surface area contributed by atoms with Crippen LogP contribution in [0.1, 0.15) is 36.7 Å². The SMILES string of the molecule is CCOCC(NC(=O)c1ccc(O)cc1C)C(C)C. The summed E-state index contributed by atoms with van der Waals surface area (Å²) >= 11 is 0. The van der Waals surface area contributed by atoms with E-state index >= 15 is 0 Å². The number of benzene rings is 1. The molecule has 1 unspecified atom stereocenters. The van der Waals surface area contributed by atoms with E-state index in [0.717, 1.165) is 5.56 Å². The molecule has 1 amide bonds. The van der Waals surface area contributed by atoms with Crippen LogP contribution < -0.4 is 5.32 Å². The summed E-state index contributed by atoms with van der Waals surface area (Å²) < 4.78 is 5.39. The lowest BCUT2D eigenvalue weighted by Crippen LogP contribution is -2.42. The van der Waals surface area contributed by atoms with E-state index in [1.165, 1.54) is 6.07 Å². The maximum atomic E-state index is 12.2. The summed E-state index contributed by atoms with van der Waals surface area (Å²) in [5.74, 6) is 0.340. The highest BCUT2D eigenvalue weighted by Gasteiger charge is 2.18. The monoisotopic (exact) mass is 265 g/mol. The van der Waals surface area contributed by atoms with Crippen molar-refractivity contribution in [2.45, 2.75) is 33.7 Å². The zero-order valence-electron chi connectivity index (χ0n) is 12.1. The van der Waals surface area contributed by atoms with Crippen molar-refractivity contribution in [1.29, 1.82) is 0 Å². The lowest BCUT2D eigenvalue weighted by molar-refractivity contribution is 0.0805. The molecule has 0 aliphatic carbocycles. The van der Waals surface area contributed by atoms with Crippen LogP contribution in [0.15, 0.2) is 18.2 Å². The Bertz CT molecular complexity index is 429. The zero-order chi connectivity index (χ0) is 14.4. The van der Waals surface area contributed by atoms with Crippen molar-refractivity contribution in [2.24, 2.45) is 5.92 Å². The smallest absolute Gasteiger partial charge is 0.251 e. The molecule has 0 spiro atoms. The van der Waals surface area contributed by atoms with Gasteiger partial charge in [0.05, 0.1) is 12.6 Å². The number of ether oxygens (including phenoxy) is 1. The van der Waals surface area contributed by atoms with Crippen molar-refractivity contribution < 1.29 is 14.6 Å². The standard InChI is InChI=1S/C15H23NO3/c1-5-19-9-14(10(2)3)16-15(18)13-7-6-12(17)8-11(13)4/h6-8,10,14,17H,5,9H2,1-4H3,(H,16,18). The Morgan fingerprint density at radius 1 is 1.42 bits per heavy atom. The molecule has 4 heteroatoms. The third-order valence-electron chi connectivity index (χ3n) is 3.08. The van der Waals surface area contributed by atoms with E-state index in [4.69, 9.17) is 4.74 Å². The van der Waals surface area contributed by atoms with Gasteiger partial charge >= 0.3 is 0 Å². The Kier molecular flexibility index (Phi) is 5.83. The number of hydrogen-bond donors (Lipinski definition) is 2. The predicted octanol–water partition coefficient (Wildman–Crippen LogP) is 2.49. The van der Waals surface area contributed by atoms with E-state index < -0.39 is 0 Å². The van der Waals surface area contributed by atoms with Crippen LogP contribution in [0.5, 0.6) is 5.75 Å². The number of rotatable bonds is 6. The summed E-state index contributed by atoms with van der Waals surface area (Å²) in [7, 11) is 0. The first-order valence-corrected chi connectivity index (χ1v) is 6.64. The minimum Gasteiger partial charge on any atom is -0.508 e. The van der Waals surface area contributed by atoms with Crippen LogP contribution in [0.3, 0.4) is 0 Å². The second-order valence-corrected chi connectivity index (χ2v) is 4.98. The fourth-order valence-corrected chi connectivity index (χ4v) is 1.79. The molecule has 1 rings (SSSR count). The molecular formula is C15H23NO3. The molecule has 1 aromatic rings. The third kappa shape index (κ3) is 4.56. The number of aryl methyl sites for hydroxylation is 1. The van der Waals surface area contributed by atoms with Crippen molar-refractivity contribution in [1.82, 2.24) is 5.32 Å². The van der Waals surface area contributed by atoms with Gasteiger partial charge in [0.15, 0.2) is 0 Å². The molecule has 0 aliphatic heterocycles. The maximum absolute atomic E-state index is 12.2. The number of phenols is 1. The number of amides is 1. The molecule has 0 bridgehead atoms. The Morgan fingerprint density at radius 3 is 2.63 bits per heavy atom. The molecule has 0 radical (unpaired) electrons. The fraction of sp³-hybridized carbons (Fsp3) is 0.533. The van der Waals surface area contributed by atoms with Gasteiger partial charge in [0, 0.05) is 12.2 Å². The van der Waals surface area contributed by atoms with Gasteiger partial charge in [-0.1, -0.05) is 13.8 Å². The van der Waals surface area contributed by atoms with Gasteiger partial charge in [-0.05, 0) is 43.5 Å². The van der Waals surface area contributed by atoms with Crippen molar-refractivity contribution >= 4 is 5.91 Å². The van der Waals surface area contributed by atoms with Crippen molar-refractivity contribution in [3.63, 3.8) is 0 Å². The average molecular weight is 265 g/mol. The minimum atomic E-state index is -0.129. The van der Waals surface area contributed by atoms with Crippen molar-refractivity contribution in [3.8, 4) is 5.75 Å². The lowest BCUT2D eigenvalue weighted by Gasteiger charge is -2.22. The molecule has 0 saturated carbocycles. The second-order valence-electron chi connectivity index (χ2n) is 4.98. The number of carbonyl (C=O) groups is 1. The highest BCUT2D eigenvalue weighted by Crippen LogP contribution is 2.16. The van der Waals surface area contributed by atoms with E-state index in [1.807, 2.05) is 27.7 Å². The number of nitrogens with one attached hydrogen (secondary N) is 1. The summed E-state index contributed by atoms with van der Waals surface area (Å²) in [6.45, 7) is 8.99. The van der Waals surface area contributed by atoms with Gasteiger partial charge in [-0.2, -0.15) is 0 Å². The van der Waals surface area contributed by atoms with Gasteiger partial charge in [-0.3, -0.25) is 4.79 Å². The fourth-order valence-electron chi connectivity index (χ4n) is 1.79. The van der Waals surface area contributed by atoms with Crippen LogP contribution in [0.4, 0.5) is 0 Å². The van der Waals surface area contributed by atoms with Gasteiger partial charge in [-0.25, -0.2) is 0 Å². The lowest BCUT2D eigenvalue weighted by atomic mass is 10.0. The molecule has 0 saturated heterocycles. The summed E-state index contributed by atoms with van der Waals surface area (Å²) in [4.78, 5) is 12.2. The van der Waals surface area contributed by atoms with Crippen LogP contribution in [0.25, 0.3) is 0 Å². The Hall–Kier alpha value is -1.55. The van der Waals surface area contributed by atoms with Crippen molar-refractivity contribution in [3.05, 3.63) is 29.3 Å². The third-order valence-corrected chi connectivity index (χ3v) is 3.08. The largest absolute Gasteiger partial charge is 0.508 e. The molecule has 106 valence electrons. The summed E-state index contributed by atoms with van der Waals surface area (Å²) in [5, 5.41) is 12.3. The van der Waals surface area contributed by atoms with Crippen LogP contribution in [0.2, 0.25) is 0 Å². The Morgan fingerprint density at radius 2 is 2.11 bits per heavy atom. The van der Waals surface area contributed by atoms with E-state index in [2.05, 4.69) is 5.32 Å². The first kappa shape index (κ1) is 15.5. The topological polar surface area (TPSA) is 58.6 Å². The van der Waals surface area contributed by atoms with Gasteiger partial charge in [0.2, 0.25) is 0 Å². The molecule has 1 atom stereocenters. The predicted molar refractivity (Wildman–Crippen MR) is 75.4 cm³/mol. The molecule has 19 heavy (non-hydrogen) atoms. The highest BCUT2D eigenvalue weighted by molar-refractivity contribution is 5.96. The molecule has 0 aliphatic rings. The van der Waals surface area contributed by atoms with Gasteiger partial charge < -0.3 is 15.2 Å². The normalized spacial score (nSPS) is 12.5. The van der Waals surface area contributed by atoms with Crippen LogP contribution in [0, 0.1) is 12.8 Å². The number of aromatic hydroxyl groups is 1. The maximum Gasteiger partial charge on any atom is 0.251 e. The Balaban J connectivity index is 2.76. The zero-order valence-corrected chi connectivity index (χ0v) is 12.1.